The fraction of sp³-hybridized carbons (Fsp3) is 0.316. The lowest BCUT2D eigenvalue weighted by molar-refractivity contribution is 0.243. The van der Waals surface area contributed by atoms with Crippen molar-refractivity contribution in [1.82, 2.24) is 15.2 Å². The number of hydrogen-bond donors (Lipinski definition) is 1. The Balaban J connectivity index is 1.52. The molecule has 0 radical (unpaired) electrons. The number of halogens is 1. The summed E-state index contributed by atoms with van der Waals surface area (Å²) in [4.78, 5) is 4.30. The highest BCUT2D eigenvalue weighted by molar-refractivity contribution is 7.18. The lowest BCUT2D eigenvalue weighted by Gasteiger charge is -2.41. The van der Waals surface area contributed by atoms with Crippen LogP contribution >= 0.6 is 11.3 Å². The van der Waals surface area contributed by atoms with Crippen LogP contribution in [0.15, 0.2) is 42.6 Å². The molecule has 1 aliphatic rings. The normalized spacial score (nSPS) is 15.6. The Morgan fingerprint density at radius 2 is 2.00 bits per heavy atom. The number of nitrogens with one attached hydrogen (secondary N) is 1. The largest absolute Gasteiger partial charge is 0.359 e. The second-order valence-electron chi connectivity index (χ2n) is 6.55. The second-order valence-corrected chi connectivity index (χ2v) is 7.53. The van der Waals surface area contributed by atoms with Crippen molar-refractivity contribution in [1.29, 1.82) is 0 Å². The minimum Gasteiger partial charge on any atom is -0.359 e. The van der Waals surface area contributed by atoms with E-state index in [0.29, 0.717) is 12.2 Å². The Labute approximate surface area is 150 Å². The monoisotopic (exact) mass is 354 g/mol. The predicted molar refractivity (Wildman–Crippen MR) is 98.3 cm³/mol. The van der Waals surface area contributed by atoms with Gasteiger partial charge in [-0.05, 0) is 37.5 Å². The van der Waals surface area contributed by atoms with Gasteiger partial charge in [-0.1, -0.05) is 42.0 Å². The van der Waals surface area contributed by atoms with E-state index in [4.69, 9.17) is 0 Å². The van der Waals surface area contributed by atoms with E-state index in [2.05, 4.69) is 39.6 Å². The smallest absolute Gasteiger partial charge is 0.206 e. The van der Waals surface area contributed by atoms with Gasteiger partial charge in [0.15, 0.2) is 0 Å². The first-order chi connectivity index (χ1) is 12.2. The topological polar surface area (TPSA) is 50.7 Å². The van der Waals surface area contributed by atoms with Crippen molar-refractivity contribution < 1.29 is 4.39 Å². The van der Waals surface area contributed by atoms with Crippen LogP contribution in [0.3, 0.4) is 0 Å². The highest BCUT2D eigenvalue weighted by Gasteiger charge is 2.41. The van der Waals surface area contributed by atoms with E-state index in [-0.39, 0.29) is 11.2 Å². The third-order valence-corrected chi connectivity index (χ3v) is 5.86. The minimum atomic E-state index is -0.236. The van der Waals surface area contributed by atoms with Crippen molar-refractivity contribution >= 4 is 16.5 Å². The molecule has 0 aliphatic heterocycles. The van der Waals surface area contributed by atoms with Gasteiger partial charge in [0.2, 0.25) is 5.13 Å². The van der Waals surface area contributed by atoms with Gasteiger partial charge >= 0.3 is 0 Å². The van der Waals surface area contributed by atoms with Crippen LogP contribution in [-0.4, -0.2) is 21.7 Å². The fourth-order valence-electron chi connectivity index (χ4n) is 3.34. The molecule has 0 amide bonds. The molecule has 4 nitrogen and oxygen atoms in total. The van der Waals surface area contributed by atoms with Crippen molar-refractivity contribution in [3.63, 3.8) is 0 Å². The molecule has 0 unspecified atom stereocenters. The summed E-state index contributed by atoms with van der Waals surface area (Å²) in [5, 5.41) is 13.6. The number of aryl methyl sites for hydroxylation is 1. The van der Waals surface area contributed by atoms with E-state index in [1.54, 1.807) is 12.3 Å². The van der Waals surface area contributed by atoms with Gasteiger partial charge < -0.3 is 5.32 Å². The van der Waals surface area contributed by atoms with Gasteiger partial charge in [0.05, 0.1) is 5.69 Å². The maximum absolute atomic E-state index is 14.2. The minimum absolute atomic E-state index is 0.220. The lowest BCUT2D eigenvalue weighted by Crippen LogP contribution is -2.42. The van der Waals surface area contributed by atoms with E-state index in [0.717, 1.165) is 35.0 Å². The zero-order chi connectivity index (χ0) is 17.3. The first-order valence-corrected chi connectivity index (χ1v) is 9.24. The predicted octanol–water partition coefficient (Wildman–Crippen LogP) is 4.58. The van der Waals surface area contributed by atoms with Gasteiger partial charge in [0, 0.05) is 23.7 Å². The molecular weight excluding hydrogens is 335 g/mol. The number of aromatic nitrogens is 3. The molecule has 1 aromatic carbocycles. The molecule has 6 heteroatoms. The average molecular weight is 354 g/mol. The van der Waals surface area contributed by atoms with Gasteiger partial charge in [-0.25, -0.2) is 4.39 Å². The quantitative estimate of drug-likeness (QED) is 0.728. The van der Waals surface area contributed by atoms with E-state index in [9.17, 15) is 4.39 Å². The molecule has 0 spiro atoms. The van der Waals surface area contributed by atoms with Crippen LogP contribution in [0, 0.1) is 12.7 Å². The van der Waals surface area contributed by atoms with Crippen LogP contribution in [0.4, 0.5) is 9.52 Å². The Morgan fingerprint density at radius 1 is 1.16 bits per heavy atom. The summed E-state index contributed by atoms with van der Waals surface area (Å²) in [6.07, 6.45) is 4.65. The number of rotatable bonds is 5. The Bertz CT molecular complexity index is 888. The summed E-state index contributed by atoms with van der Waals surface area (Å²) >= 11 is 1.53. The first-order valence-electron chi connectivity index (χ1n) is 8.42. The van der Waals surface area contributed by atoms with Crippen molar-refractivity contribution in [3.8, 4) is 10.6 Å². The Morgan fingerprint density at radius 3 is 2.72 bits per heavy atom. The fourth-order valence-corrected chi connectivity index (χ4v) is 4.17. The van der Waals surface area contributed by atoms with Crippen LogP contribution in [0.2, 0.25) is 0 Å². The van der Waals surface area contributed by atoms with Crippen LogP contribution in [-0.2, 0) is 5.41 Å². The maximum Gasteiger partial charge on any atom is 0.206 e. The average Bonchev–Trinajstić information content (AvgIpc) is 3.04. The molecule has 1 aliphatic carbocycles. The molecule has 2 aromatic heterocycles. The van der Waals surface area contributed by atoms with Crippen LogP contribution in [0.5, 0.6) is 0 Å². The zero-order valence-corrected chi connectivity index (χ0v) is 14.8. The van der Waals surface area contributed by atoms with Crippen molar-refractivity contribution in [2.24, 2.45) is 0 Å². The summed E-state index contributed by atoms with van der Waals surface area (Å²) < 4.78 is 14.2. The molecule has 1 fully saturated rings. The number of anilines is 1. The molecule has 4 rings (SSSR count). The summed E-state index contributed by atoms with van der Waals surface area (Å²) in [7, 11) is 0. The van der Waals surface area contributed by atoms with E-state index < -0.39 is 0 Å². The third-order valence-electron chi connectivity index (χ3n) is 4.95. The highest BCUT2D eigenvalue weighted by Crippen LogP contribution is 2.44. The molecule has 0 saturated heterocycles. The number of nitrogens with zero attached hydrogens (tertiary/aromatic N) is 3. The molecule has 128 valence electrons. The standard InChI is InChI=1S/C19H19FN4S/c1-13-6-2-3-7-14(13)17-23-24-18(25-17)22-12-19(9-5-10-19)16-15(20)8-4-11-21-16/h2-4,6-8,11H,5,9-10,12H2,1H3,(H,22,24). The molecule has 2 heterocycles. The Hall–Kier alpha value is -2.34. The van der Waals surface area contributed by atoms with Crippen LogP contribution in [0.1, 0.15) is 30.5 Å². The zero-order valence-electron chi connectivity index (χ0n) is 14.0. The van der Waals surface area contributed by atoms with Gasteiger partial charge in [-0.2, -0.15) is 0 Å². The van der Waals surface area contributed by atoms with Gasteiger partial charge in [-0.3, -0.25) is 4.98 Å². The second kappa shape index (κ2) is 6.52. The van der Waals surface area contributed by atoms with Crippen molar-refractivity contribution in [2.75, 3.05) is 11.9 Å². The van der Waals surface area contributed by atoms with E-state index in [1.165, 1.54) is 23.0 Å². The highest BCUT2D eigenvalue weighted by atomic mass is 32.1. The maximum atomic E-state index is 14.2. The SMILES string of the molecule is Cc1ccccc1-c1nnc(NCC2(c3ncccc3F)CCC2)s1. The summed E-state index contributed by atoms with van der Waals surface area (Å²) in [6.45, 7) is 2.69. The molecule has 0 atom stereocenters. The van der Waals surface area contributed by atoms with Crippen LogP contribution < -0.4 is 5.32 Å². The van der Waals surface area contributed by atoms with Crippen molar-refractivity contribution in [2.45, 2.75) is 31.6 Å². The lowest BCUT2D eigenvalue weighted by atomic mass is 9.66. The van der Waals surface area contributed by atoms with Crippen LogP contribution in [0.25, 0.3) is 10.6 Å². The van der Waals surface area contributed by atoms with E-state index >= 15 is 0 Å². The van der Waals surface area contributed by atoms with E-state index in [1.807, 2.05) is 12.1 Å². The Kier molecular flexibility index (Phi) is 4.21. The molecule has 1 N–H and O–H groups in total. The van der Waals surface area contributed by atoms with Gasteiger partial charge in [0.25, 0.3) is 0 Å². The summed E-state index contributed by atoms with van der Waals surface area (Å²) in [6, 6.07) is 11.3. The number of pyridine rings is 1. The molecule has 1 saturated carbocycles. The number of hydrogen-bond acceptors (Lipinski definition) is 5. The molecule has 3 aromatic rings. The number of benzene rings is 1. The molecule has 25 heavy (non-hydrogen) atoms. The van der Waals surface area contributed by atoms with Gasteiger partial charge in [-0.15, -0.1) is 10.2 Å². The molecular formula is C19H19FN4S. The first kappa shape index (κ1) is 16.1. The third kappa shape index (κ3) is 3.02. The molecule has 0 bridgehead atoms. The summed E-state index contributed by atoms with van der Waals surface area (Å²) in [5.41, 5.74) is 2.61. The summed E-state index contributed by atoms with van der Waals surface area (Å²) in [5.74, 6) is -0.220. The van der Waals surface area contributed by atoms with Gasteiger partial charge in [0.1, 0.15) is 10.8 Å². The van der Waals surface area contributed by atoms with Crippen molar-refractivity contribution in [3.05, 3.63) is 59.7 Å².